The van der Waals surface area contributed by atoms with E-state index in [1.807, 2.05) is 6.07 Å². The van der Waals surface area contributed by atoms with E-state index in [2.05, 4.69) is 58.2 Å². The molecule has 0 bridgehead atoms. The van der Waals surface area contributed by atoms with Crippen LogP contribution in [0, 0.1) is 5.92 Å². The molecule has 1 saturated carbocycles. The van der Waals surface area contributed by atoms with E-state index >= 15 is 0 Å². The first kappa shape index (κ1) is 21.5. The fraction of sp³-hybridized carbons (Fsp3) is 0.500. The Kier molecular flexibility index (Phi) is 7.20. The third kappa shape index (κ3) is 6.64. The topological polar surface area (TPSA) is 58.6 Å². The molecule has 6 heteroatoms. The van der Waals surface area contributed by atoms with Gasteiger partial charge in [-0.3, -0.25) is 4.90 Å². The largest absolute Gasteiger partial charge is 0.379 e. The quantitative estimate of drug-likeness (QED) is 0.632. The highest BCUT2D eigenvalue weighted by Gasteiger charge is 2.27. The number of nitrogens with zero attached hydrogens (tertiary/aromatic N) is 1. The van der Waals surface area contributed by atoms with Gasteiger partial charge in [0.25, 0.3) is 0 Å². The Hall–Kier alpha value is -1.73. The predicted octanol–water partition coefficient (Wildman–Crippen LogP) is 3.17. The van der Waals surface area contributed by atoms with E-state index in [0.717, 1.165) is 57.7 Å². The molecule has 2 aromatic rings. The van der Waals surface area contributed by atoms with Crippen LogP contribution in [-0.2, 0) is 27.7 Å². The molecule has 0 aromatic heterocycles. The van der Waals surface area contributed by atoms with Gasteiger partial charge in [0.05, 0.1) is 19.0 Å². The molecule has 2 aliphatic rings. The molecular weight excluding hydrogens is 396 g/mol. The number of hydrogen-bond acceptors (Lipinski definition) is 4. The number of benzene rings is 2. The van der Waals surface area contributed by atoms with Crippen LogP contribution in [0.4, 0.5) is 0 Å². The summed E-state index contributed by atoms with van der Waals surface area (Å²) in [6, 6.07) is 19.0. The van der Waals surface area contributed by atoms with Crippen molar-refractivity contribution in [3.8, 4) is 0 Å². The standard InChI is InChI=1S/C24H32N2O3S/c27-30(28,19-21-9-10-21)25-17-22-7-4-8-23(16-22)24(15-20-5-2-1-3-6-20)18-26-11-13-29-14-12-26/h1-8,16,21,24-25H,9-15,17-19H2. The van der Waals surface area contributed by atoms with Crippen LogP contribution in [0.1, 0.15) is 35.4 Å². The van der Waals surface area contributed by atoms with Crippen LogP contribution >= 0.6 is 0 Å². The van der Waals surface area contributed by atoms with Crippen LogP contribution in [0.3, 0.4) is 0 Å². The summed E-state index contributed by atoms with van der Waals surface area (Å²) in [7, 11) is -3.19. The van der Waals surface area contributed by atoms with Gasteiger partial charge in [-0.2, -0.15) is 0 Å². The first-order chi connectivity index (χ1) is 14.6. The molecular formula is C24H32N2O3S. The van der Waals surface area contributed by atoms with E-state index in [4.69, 9.17) is 4.74 Å². The number of nitrogens with one attached hydrogen (secondary N) is 1. The van der Waals surface area contributed by atoms with Crippen LogP contribution in [0.15, 0.2) is 54.6 Å². The van der Waals surface area contributed by atoms with Gasteiger partial charge in [-0.05, 0) is 41.9 Å². The minimum Gasteiger partial charge on any atom is -0.379 e. The first-order valence-corrected chi connectivity index (χ1v) is 12.6. The van der Waals surface area contributed by atoms with Crippen molar-refractivity contribution in [2.75, 3.05) is 38.6 Å². The molecule has 1 atom stereocenters. The molecule has 2 fully saturated rings. The van der Waals surface area contributed by atoms with Crippen LogP contribution in [0.25, 0.3) is 0 Å². The average molecular weight is 429 g/mol. The monoisotopic (exact) mass is 428 g/mol. The predicted molar refractivity (Wildman–Crippen MR) is 120 cm³/mol. The summed E-state index contributed by atoms with van der Waals surface area (Å²) in [5.74, 6) is 0.978. The number of rotatable bonds is 10. The Bertz CT molecular complexity index is 907. The normalized spacial score (nSPS) is 18.9. The second-order valence-corrected chi connectivity index (χ2v) is 10.4. The van der Waals surface area contributed by atoms with Crippen molar-refractivity contribution < 1.29 is 13.2 Å². The van der Waals surface area contributed by atoms with Crippen molar-refractivity contribution in [2.45, 2.75) is 31.7 Å². The fourth-order valence-corrected chi connectivity index (χ4v) is 5.54. The van der Waals surface area contributed by atoms with Gasteiger partial charge in [-0.25, -0.2) is 13.1 Å². The highest BCUT2D eigenvalue weighted by Crippen LogP contribution is 2.30. The van der Waals surface area contributed by atoms with Crippen molar-refractivity contribution >= 4 is 10.0 Å². The molecule has 2 aromatic carbocycles. The summed E-state index contributed by atoms with van der Waals surface area (Å²) in [4.78, 5) is 2.47. The van der Waals surface area contributed by atoms with Gasteiger partial charge in [-0.1, -0.05) is 54.6 Å². The summed E-state index contributed by atoms with van der Waals surface area (Å²) >= 11 is 0. The lowest BCUT2D eigenvalue weighted by Gasteiger charge is -2.31. The summed E-state index contributed by atoms with van der Waals surface area (Å²) in [5.41, 5.74) is 3.61. The molecule has 5 nitrogen and oxygen atoms in total. The summed E-state index contributed by atoms with van der Waals surface area (Å²) in [5, 5.41) is 0. The lowest BCUT2D eigenvalue weighted by molar-refractivity contribution is 0.0350. The van der Waals surface area contributed by atoms with Crippen LogP contribution in [0.5, 0.6) is 0 Å². The molecule has 30 heavy (non-hydrogen) atoms. The zero-order chi connectivity index (χ0) is 20.8. The van der Waals surface area contributed by atoms with E-state index in [1.54, 1.807) is 0 Å². The molecule has 162 valence electrons. The van der Waals surface area contributed by atoms with Crippen LogP contribution in [-0.4, -0.2) is 51.9 Å². The maximum Gasteiger partial charge on any atom is 0.212 e. The Morgan fingerprint density at radius 2 is 1.73 bits per heavy atom. The van der Waals surface area contributed by atoms with Gasteiger partial charge < -0.3 is 4.74 Å². The van der Waals surface area contributed by atoms with Crippen LogP contribution in [0.2, 0.25) is 0 Å². The zero-order valence-corrected chi connectivity index (χ0v) is 18.3. The molecule has 0 radical (unpaired) electrons. The SMILES string of the molecule is O=S(=O)(CC1CC1)NCc1cccc(C(Cc2ccccc2)CN2CCOCC2)c1. The van der Waals surface area contributed by atoms with Crippen molar-refractivity contribution in [2.24, 2.45) is 5.92 Å². The van der Waals surface area contributed by atoms with Crippen molar-refractivity contribution in [3.63, 3.8) is 0 Å². The fourth-order valence-electron chi connectivity index (χ4n) is 4.09. The minimum atomic E-state index is -3.19. The smallest absolute Gasteiger partial charge is 0.212 e. The molecule has 1 unspecified atom stereocenters. The molecule has 4 rings (SSSR count). The summed E-state index contributed by atoms with van der Waals surface area (Å²) in [6.07, 6.45) is 3.05. The highest BCUT2D eigenvalue weighted by molar-refractivity contribution is 7.89. The van der Waals surface area contributed by atoms with E-state index < -0.39 is 10.0 Å². The molecule has 1 heterocycles. The van der Waals surface area contributed by atoms with Crippen molar-refractivity contribution in [3.05, 3.63) is 71.3 Å². The van der Waals surface area contributed by atoms with E-state index in [0.29, 0.717) is 18.4 Å². The zero-order valence-electron chi connectivity index (χ0n) is 17.5. The highest BCUT2D eigenvalue weighted by atomic mass is 32.2. The second kappa shape index (κ2) is 10.1. The maximum atomic E-state index is 12.2. The Morgan fingerprint density at radius 3 is 2.47 bits per heavy atom. The summed E-state index contributed by atoms with van der Waals surface area (Å²) < 4.78 is 32.8. The molecule has 1 N–H and O–H groups in total. The van der Waals surface area contributed by atoms with Crippen molar-refractivity contribution in [1.82, 2.24) is 9.62 Å². The molecule has 1 aliphatic heterocycles. The van der Waals surface area contributed by atoms with Gasteiger partial charge >= 0.3 is 0 Å². The van der Waals surface area contributed by atoms with Gasteiger partial charge in [0.2, 0.25) is 10.0 Å². The lowest BCUT2D eigenvalue weighted by Crippen LogP contribution is -2.39. The van der Waals surface area contributed by atoms with E-state index in [1.165, 1.54) is 11.1 Å². The van der Waals surface area contributed by atoms with E-state index in [-0.39, 0.29) is 5.75 Å². The van der Waals surface area contributed by atoms with Gasteiger partial charge in [-0.15, -0.1) is 0 Å². The van der Waals surface area contributed by atoms with Gasteiger partial charge in [0, 0.05) is 32.1 Å². The minimum absolute atomic E-state index is 0.264. The lowest BCUT2D eigenvalue weighted by atomic mass is 9.90. The molecule has 0 spiro atoms. The Balaban J connectivity index is 1.46. The average Bonchev–Trinajstić information content (AvgIpc) is 3.57. The van der Waals surface area contributed by atoms with Gasteiger partial charge in [0.15, 0.2) is 0 Å². The summed E-state index contributed by atoms with van der Waals surface area (Å²) in [6.45, 7) is 4.85. The number of ether oxygens (including phenoxy) is 1. The maximum absolute atomic E-state index is 12.2. The van der Waals surface area contributed by atoms with Crippen molar-refractivity contribution in [1.29, 1.82) is 0 Å². The van der Waals surface area contributed by atoms with Crippen LogP contribution < -0.4 is 4.72 Å². The van der Waals surface area contributed by atoms with E-state index in [9.17, 15) is 8.42 Å². The Labute approximate surface area is 180 Å². The Morgan fingerprint density at radius 1 is 1.00 bits per heavy atom. The number of morpholine rings is 1. The second-order valence-electron chi connectivity index (χ2n) is 8.59. The third-order valence-electron chi connectivity index (χ3n) is 5.98. The molecule has 0 amide bonds. The molecule has 1 aliphatic carbocycles. The van der Waals surface area contributed by atoms with Gasteiger partial charge in [0.1, 0.15) is 0 Å². The third-order valence-corrected chi connectivity index (χ3v) is 7.47. The number of hydrogen-bond donors (Lipinski definition) is 1. The number of sulfonamides is 1. The molecule has 1 saturated heterocycles. The first-order valence-electron chi connectivity index (χ1n) is 11.0.